The van der Waals surface area contributed by atoms with Gasteiger partial charge in [-0.3, -0.25) is 4.40 Å². The van der Waals surface area contributed by atoms with E-state index in [1.54, 1.807) is 0 Å². The van der Waals surface area contributed by atoms with Gasteiger partial charge in [-0.1, -0.05) is 0 Å². The lowest BCUT2D eigenvalue weighted by Gasteiger charge is -2.23. The maximum Gasteiger partial charge on any atom is 0.459 e. The monoisotopic (exact) mass is 415 g/mol. The van der Waals surface area contributed by atoms with E-state index in [-0.39, 0.29) is 33.8 Å². The molecule has 0 amide bonds. The van der Waals surface area contributed by atoms with E-state index in [1.807, 2.05) is 0 Å². The van der Waals surface area contributed by atoms with Gasteiger partial charge in [-0.15, -0.1) is 10.2 Å². The van der Waals surface area contributed by atoms with E-state index < -0.39 is 23.5 Å². The molecule has 4 aromatic rings. The Morgan fingerprint density at radius 1 is 1.00 bits per heavy atom. The van der Waals surface area contributed by atoms with Gasteiger partial charge in [0, 0.05) is 17.1 Å². The Morgan fingerprint density at radius 3 is 2.31 bits per heavy atom. The zero-order chi connectivity index (χ0) is 21.2. The summed E-state index contributed by atoms with van der Waals surface area (Å²) in [5.74, 6) is -5.27. The van der Waals surface area contributed by atoms with Crippen LogP contribution in [-0.4, -0.2) is 30.7 Å². The number of halogens is 6. The van der Waals surface area contributed by atoms with Gasteiger partial charge in [0.25, 0.3) is 5.89 Å². The van der Waals surface area contributed by atoms with E-state index in [0.29, 0.717) is 6.07 Å². The summed E-state index contributed by atoms with van der Waals surface area (Å²) in [4.78, 5) is 7.69. The van der Waals surface area contributed by atoms with Gasteiger partial charge < -0.3 is 4.42 Å². The Balaban J connectivity index is 2.08. The van der Waals surface area contributed by atoms with E-state index in [1.165, 1.54) is 22.7 Å². The quantitative estimate of drug-likeness (QED) is 0.450. The number of fused-ring (bicyclic) bond motifs is 3. The van der Waals surface area contributed by atoms with Crippen LogP contribution >= 0.6 is 0 Å². The molecule has 0 radical (unpaired) electrons. The molecular weight excluding hydrogens is 404 g/mol. The second kappa shape index (κ2) is 5.91. The highest BCUT2D eigenvalue weighted by molar-refractivity contribution is 5.84. The standard InChI is InChI=1S/C17H11F6N5O/c1-15(2,18)9-5-11(16(19,20)17(21,22)23)26-13-8(9)3-4-12-25-10(6-28(12)13)14-27-24-7-29-14/h3-7H,1-2H3. The highest BCUT2D eigenvalue weighted by Crippen LogP contribution is 2.45. The van der Waals surface area contributed by atoms with Crippen molar-refractivity contribution >= 4 is 16.7 Å². The lowest BCUT2D eigenvalue weighted by Crippen LogP contribution is -2.35. The predicted octanol–water partition coefficient (Wildman–Crippen LogP) is 4.79. The Bertz CT molecular complexity index is 1210. The number of hydrogen-bond acceptors (Lipinski definition) is 5. The van der Waals surface area contributed by atoms with E-state index >= 15 is 0 Å². The minimum absolute atomic E-state index is 0.00432. The number of hydrogen-bond donors (Lipinski definition) is 0. The van der Waals surface area contributed by atoms with Crippen LogP contribution in [0.3, 0.4) is 0 Å². The number of imidazole rings is 1. The molecule has 0 saturated carbocycles. The second-order valence-electron chi connectivity index (χ2n) is 6.77. The summed E-state index contributed by atoms with van der Waals surface area (Å²) in [6.45, 7) is 2.11. The molecule has 4 rings (SSSR count). The summed E-state index contributed by atoms with van der Waals surface area (Å²) in [6.07, 6.45) is -3.58. The zero-order valence-corrected chi connectivity index (χ0v) is 14.8. The van der Waals surface area contributed by atoms with Gasteiger partial charge in [-0.25, -0.2) is 14.4 Å². The van der Waals surface area contributed by atoms with Crippen LogP contribution in [-0.2, 0) is 11.6 Å². The first-order valence-corrected chi connectivity index (χ1v) is 8.13. The lowest BCUT2D eigenvalue weighted by molar-refractivity contribution is -0.290. The summed E-state index contributed by atoms with van der Waals surface area (Å²) in [5, 5.41) is 7.22. The predicted molar refractivity (Wildman–Crippen MR) is 87.9 cm³/mol. The molecule has 0 aromatic carbocycles. The number of aromatic nitrogens is 5. The summed E-state index contributed by atoms with van der Waals surface area (Å²) >= 11 is 0. The van der Waals surface area contributed by atoms with Crippen LogP contribution in [0.15, 0.2) is 35.2 Å². The summed E-state index contributed by atoms with van der Waals surface area (Å²) in [5.41, 5.74) is -4.21. The van der Waals surface area contributed by atoms with Crippen LogP contribution in [0.25, 0.3) is 28.3 Å². The first kappa shape index (κ1) is 19.2. The average molecular weight is 415 g/mol. The van der Waals surface area contributed by atoms with Gasteiger partial charge in [0.1, 0.15) is 28.4 Å². The molecule has 6 nitrogen and oxygen atoms in total. The molecule has 12 heteroatoms. The van der Waals surface area contributed by atoms with Gasteiger partial charge in [-0.05, 0) is 32.0 Å². The molecule has 0 aliphatic heterocycles. The Kier molecular flexibility index (Phi) is 3.90. The molecule has 152 valence electrons. The first-order chi connectivity index (χ1) is 13.4. The summed E-state index contributed by atoms with van der Waals surface area (Å²) in [6, 6.07) is 3.24. The van der Waals surface area contributed by atoms with Gasteiger partial charge >= 0.3 is 12.1 Å². The molecule has 4 heterocycles. The largest absolute Gasteiger partial charge is 0.459 e. The molecule has 0 atom stereocenters. The fourth-order valence-electron chi connectivity index (χ4n) is 2.91. The van der Waals surface area contributed by atoms with Crippen LogP contribution in [0, 0.1) is 0 Å². The number of alkyl halides is 6. The highest BCUT2D eigenvalue weighted by atomic mass is 19.4. The Labute approximate surface area is 158 Å². The van der Waals surface area contributed by atoms with Crippen molar-refractivity contribution in [3.8, 4) is 11.6 Å². The van der Waals surface area contributed by atoms with E-state index in [4.69, 9.17) is 4.42 Å². The maximum absolute atomic E-state index is 14.7. The molecule has 0 aliphatic rings. The van der Waals surface area contributed by atoms with Crippen molar-refractivity contribution < 1.29 is 30.8 Å². The van der Waals surface area contributed by atoms with Gasteiger partial charge in [-0.2, -0.15) is 22.0 Å². The summed E-state index contributed by atoms with van der Waals surface area (Å²) in [7, 11) is 0. The molecule has 0 spiro atoms. The maximum atomic E-state index is 14.7. The fourth-order valence-corrected chi connectivity index (χ4v) is 2.91. The third kappa shape index (κ3) is 2.98. The van der Waals surface area contributed by atoms with Crippen molar-refractivity contribution in [1.82, 2.24) is 24.6 Å². The fraction of sp³-hybridized carbons (Fsp3) is 0.294. The molecule has 0 bridgehead atoms. The van der Waals surface area contributed by atoms with E-state index in [9.17, 15) is 26.3 Å². The van der Waals surface area contributed by atoms with E-state index in [0.717, 1.165) is 20.2 Å². The van der Waals surface area contributed by atoms with Gasteiger partial charge in [0.05, 0.1) is 0 Å². The Hall–Kier alpha value is -3.18. The number of pyridine rings is 2. The van der Waals surface area contributed by atoms with Crippen molar-refractivity contribution in [2.75, 3.05) is 0 Å². The number of rotatable bonds is 3. The van der Waals surface area contributed by atoms with Crippen molar-refractivity contribution in [3.63, 3.8) is 0 Å². The van der Waals surface area contributed by atoms with E-state index in [2.05, 4.69) is 20.2 Å². The van der Waals surface area contributed by atoms with Gasteiger partial charge in [0.2, 0.25) is 6.39 Å². The second-order valence-corrected chi connectivity index (χ2v) is 6.77. The SMILES string of the molecule is CC(C)(F)c1cc(C(F)(F)C(F)(F)F)nc2c1ccc1nc(-c3nnco3)cn12. The minimum Gasteiger partial charge on any atom is -0.422 e. The van der Waals surface area contributed by atoms with Crippen LogP contribution in [0.5, 0.6) is 0 Å². The molecule has 0 aliphatic carbocycles. The molecule has 0 unspecified atom stereocenters. The van der Waals surface area contributed by atoms with Crippen molar-refractivity contribution in [2.24, 2.45) is 0 Å². The van der Waals surface area contributed by atoms with Crippen molar-refractivity contribution in [2.45, 2.75) is 31.6 Å². The number of nitrogens with zero attached hydrogens (tertiary/aromatic N) is 5. The van der Waals surface area contributed by atoms with Crippen molar-refractivity contribution in [1.29, 1.82) is 0 Å². The van der Waals surface area contributed by atoms with Crippen LogP contribution in [0.2, 0.25) is 0 Å². The topological polar surface area (TPSA) is 69.1 Å². The molecular formula is C17H11F6N5O. The lowest BCUT2D eigenvalue weighted by atomic mass is 9.95. The van der Waals surface area contributed by atoms with Crippen LogP contribution in [0.1, 0.15) is 25.1 Å². The molecule has 4 aromatic heterocycles. The average Bonchev–Trinajstić information content (AvgIpc) is 3.27. The molecule has 0 fully saturated rings. The first-order valence-electron chi connectivity index (χ1n) is 8.13. The van der Waals surface area contributed by atoms with Crippen LogP contribution < -0.4 is 0 Å². The Morgan fingerprint density at radius 2 is 1.72 bits per heavy atom. The van der Waals surface area contributed by atoms with Crippen LogP contribution in [0.4, 0.5) is 26.3 Å². The summed E-state index contributed by atoms with van der Waals surface area (Å²) < 4.78 is 87.7. The molecule has 0 saturated heterocycles. The molecule has 0 N–H and O–H groups in total. The highest BCUT2D eigenvalue weighted by Gasteiger charge is 2.60. The third-order valence-corrected chi connectivity index (χ3v) is 4.30. The minimum atomic E-state index is -5.90. The molecule has 29 heavy (non-hydrogen) atoms. The zero-order valence-electron chi connectivity index (χ0n) is 14.8. The third-order valence-electron chi connectivity index (χ3n) is 4.30. The normalized spacial score (nSPS) is 13.5. The van der Waals surface area contributed by atoms with Gasteiger partial charge in [0.15, 0.2) is 0 Å². The smallest absolute Gasteiger partial charge is 0.422 e. The van der Waals surface area contributed by atoms with Crippen molar-refractivity contribution in [3.05, 3.63) is 42.0 Å².